The van der Waals surface area contributed by atoms with Crippen molar-refractivity contribution in [3.8, 4) is 5.75 Å². The zero-order valence-corrected chi connectivity index (χ0v) is 13.7. The van der Waals surface area contributed by atoms with Crippen molar-refractivity contribution in [3.05, 3.63) is 29.8 Å². The van der Waals surface area contributed by atoms with E-state index in [4.69, 9.17) is 9.47 Å². The molecule has 2 rings (SSSR count). The topological polar surface area (TPSA) is 30.5 Å². The van der Waals surface area contributed by atoms with Crippen molar-refractivity contribution in [3.63, 3.8) is 0 Å². The Kier molecular flexibility index (Phi) is 6.07. The molecule has 1 aliphatic heterocycles. The van der Waals surface area contributed by atoms with Gasteiger partial charge in [-0.3, -0.25) is 0 Å². The zero-order valence-electron chi connectivity index (χ0n) is 13.7. The summed E-state index contributed by atoms with van der Waals surface area (Å²) in [7, 11) is 1.76. The number of hydrogen-bond acceptors (Lipinski definition) is 3. The lowest BCUT2D eigenvalue weighted by molar-refractivity contribution is 0.0144. The third-order valence-electron chi connectivity index (χ3n) is 4.36. The van der Waals surface area contributed by atoms with Crippen LogP contribution in [0.4, 0.5) is 0 Å². The molecule has 0 bridgehead atoms. The molecule has 0 spiro atoms. The maximum atomic E-state index is 5.59. The molecule has 118 valence electrons. The number of methoxy groups -OCH3 is 1. The van der Waals surface area contributed by atoms with Crippen LogP contribution in [-0.4, -0.2) is 33.4 Å². The number of rotatable bonds is 7. The summed E-state index contributed by atoms with van der Waals surface area (Å²) in [6.45, 7) is 8.39. The maximum absolute atomic E-state index is 5.59. The molecule has 0 aliphatic carbocycles. The van der Waals surface area contributed by atoms with Crippen molar-refractivity contribution < 1.29 is 9.47 Å². The lowest BCUT2D eigenvalue weighted by atomic mass is 9.75. The summed E-state index contributed by atoms with van der Waals surface area (Å²) in [6, 6.07) is 8.39. The Balaban J connectivity index is 2.08. The standard InChI is InChI=1S/C18H29NO2/c1-15(2)13-19-14-18(8-10-21-11-9-18)12-16-6-4-5-7-17(16)20-3/h4-7,15,19H,8-14H2,1-3H3. The fourth-order valence-electron chi connectivity index (χ4n) is 3.10. The zero-order chi connectivity index (χ0) is 15.1. The van der Waals surface area contributed by atoms with Gasteiger partial charge in [-0.05, 0) is 48.8 Å². The molecule has 1 saturated heterocycles. The van der Waals surface area contributed by atoms with Gasteiger partial charge in [0.2, 0.25) is 0 Å². The van der Waals surface area contributed by atoms with E-state index in [1.807, 2.05) is 6.07 Å². The molecule has 3 nitrogen and oxygen atoms in total. The number of benzene rings is 1. The van der Waals surface area contributed by atoms with Gasteiger partial charge in [-0.15, -0.1) is 0 Å². The Morgan fingerprint density at radius 1 is 1.24 bits per heavy atom. The van der Waals surface area contributed by atoms with Gasteiger partial charge in [-0.25, -0.2) is 0 Å². The number of ether oxygens (including phenoxy) is 2. The first-order valence-electron chi connectivity index (χ1n) is 8.05. The second-order valence-corrected chi connectivity index (χ2v) is 6.63. The summed E-state index contributed by atoms with van der Waals surface area (Å²) in [5.74, 6) is 1.69. The molecule has 0 saturated carbocycles. The highest BCUT2D eigenvalue weighted by Gasteiger charge is 2.33. The Hall–Kier alpha value is -1.06. The first-order chi connectivity index (χ1) is 10.2. The molecule has 21 heavy (non-hydrogen) atoms. The monoisotopic (exact) mass is 291 g/mol. The second-order valence-electron chi connectivity index (χ2n) is 6.63. The third kappa shape index (κ3) is 4.72. The van der Waals surface area contributed by atoms with Gasteiger partial charge in [-0.2, -0.15) is 0 Å². The van der Waals surface area contributed by atoms with Crippen LogP contribution < -0.4 is 10.1 Å². The SMILES string of the molecule is COc1ccccc1CC1(CNCC(C)C)CCOCC1. The summed E-state index contributed by atoms with van der Waals surface area (Å²) in [4.78, 5) is 0. The fraction of sp³-hybridized carbons (Fsp3) is 0.667. The van der Waals surface area contributed by atoms with Crippen molar-refractivity contribution in [1.29, 1.82) is 0 Å². The minimum atomic E-state index is 0.293. The van der Waals surface area contributed by atoms with Crippen LogP contribution in [0.5, 0.6) is 5.75 Å². The molecule has 0 atom stereocenters. The van der Waals surface area contributed by atoms with Crippen LogP contribution in [0.3, 0.4) is 0 Å². The van der Waals surface area contributed by atoms with Gasteiger partial charge in [0.25, 0.3) is 0 Å². The van der Waals surface area contributed by atoms with E-state index in [1.165, 1.54) is 5.56 Å². The van der Waals surface area contributed by atoms with Gasteiger partial charge in [0.05, 0.1) is 7.11 Å². The van der Waals surface area contributed by atoms with Crippen molar-refractivity contribution in [2.45, 2.75) is 33.1 Å². The Bertz CT molecular complexity index is 425. The Morgan fingerprint density at radius 3 is 2.62 bits per heavy atom. The summed E-state index contributed by atoms with van der Waals surface area (Å²) in [5, 5.41) is 3.66. The van der Waals surface area contributed by atoms with E-state index in [1.54, 1.807) is 7.11 Å². The molecular formula is C18H29NO2. The molecule has 1 aromatic rings. The lowest BCUT2D eigenvalue weighted by Crippen LogP contribution is -2.41. The van der Waals surface area contributed by atoms with Crippen molar-refractivity contribution in [1.82, 2.24) is 5.32 Å². The second kappa shape index (κ2) is 7.81. The van der Waals surface area contributed by atoms with Crippen LogP contribution in [0.2, 0.25) is 0 Å². The van der Waals surface area contributed by atoms with Gasteiger partial charge in [-0.1, -0.05) is 32.0 Å². The summed E-state index contributed by atoms with van der Waals surface area (Å²) in [6.07, 6.45) is 3.30. The molecule has 3 heteroatoms. The Morgan fingerprint density at radius 2 is 1.95 bits per heavy atom. The van der Waals surface area contributed by atoms with Gasteiger partial charge in [0, 0.05) is 19.8 Å². The molecule has 1 heterocycles. The molecule has 0 amide bonds. The van der Waals surface area contributed by atoms with E-state index in [-0.39, 0.29) is 0 Å². The van der Waals surface area contributed by atoms with E-state index >= 15 is 0 Å². The molecule has 0 radical (unpaired) electrons. The van der Waals surface area contributed by atoms with Gasteiger partial charge < -0.3 is 14.8 Å². The molecule has 1 aliphatic rings. The molecule has 0 unspecified atom stereocenters. The average Bonchev–Trinajstić information content (AvgIpc) is 2.48. The van der Waals surface area contributed by atoms with Crippen LogP contribution in [0.25, 0.3) is 0 Å². The number of hydrogen-bond donors (Lipinski definition) is 1. The highest BCUT2D eigenvalue weighted by molar-refractivity contribution is 5.34. The van der Waals surface area contributed by atoms with Gasteiger partial charge >= 0.3 is 0 Å². The van der Waals surface area contributed by atoms with E-state index in [9.17, 15) is 0 Å². The summed E-state index contributed by atoms with van der Waals surface area (Å²) >= 11 is 0. The van der Waals surface area contributed by atoms with Crippen LogP contribution in [0, 0.1) is 11.3 Å². The highest BCUT2D eigenvalue weighted by Crippen LogP contribution is 2.36. The van der Waals surface area contributed by atoms with Crippen molar-refractivity contribution >= 4 is 0 Å². The predicted octanol–water partition coefficient (Wildman–Crippen LogP) is 3.28. The maximum Gasteiger partial charge on any atom is 0.122 e. The lowest BCUT2D eigenvalue weighted by Gasteiger charge is -2.38. The highest BCUT2D eigenvalue weighted by atomic mass is 16.5. The predicted molar refractivity (Wildman–Crippen MR) is 86.9 cm³/mol. The first-order valence-corrected chi connectivity index (χ1v) is 8.05. The Labute approximate surface area is 129 Å². The fourth-order valence-corrected chi connectivity index (χ4v) is 3.10. The van der Waals surface area contributed by atoms with Gasteiger partial charge in [0.15, 0.2) is 0 Å². The number of nitrogens with one attached hydrogen (secondary N) is 1. The molecule has 1 N–H and O–H groups in total. The first kappa shape index (κ1) is 16.3. The minimum Gasteiger partial charge on any atom is -0.496 e. The molecule has 1 fully saturated rings. The quantitative estimate of drug-likeness (QED) is 0.836. The van der Waals surface area contributed by atoms with Crippen LogP contribution in [-0.2, 0) is 11.2 Å². The van der Waals surface area contributed by atoms with Crippen LogP contribution in [0.15, 0.2) is 24.3 Å². The van der Waals surface area contributed by atoms with E-state index < -0.39 is 0 Å². The van der Waals surface area contributed by atoms with Crippen molar-refractivity contribution in [2.24, 2.45) is 11.3 Å². The van der Waals surface area contributed by atoms with Crippen molar-refractivity contribution in [2.75, 3.05) is 33.4 Å². The summed E-state index contributed by atoms with van der Waals surface area (Å²) < 4.78 is 11.1. The molecule has 0 aromatic heterocycles. The molecule has 1 aromatic carbocycles. The van der Waals surface area contributed by atoms with Crippen LogP contribution >= 0.6 is 0 Å². The number of para-hydroxylation sites is 1. The van der Waals surface area contributed by atoms with Crippen LogP contribution in [0.1, 0.15) is 32.3 Å². The van der Waals surface area contributed by atoms with E-state index in [2.05, 4.69) is 37.4 Å². The van der Waals surface area contributed by atoms with Gasteiger partial charge in [0.1, 0.15) is 5.75 Å². The minimum absolute atomic E-state index is 0.293. The average molecular weight is 291 g/mol. The normalized spacial score (nSPS) is 17.9. The van der Waals surface area contributed by atoms with E-state index in [0.717, 1.165) is 51.3 Å². The molecular weight excluding hydrogens is 262 g/mol. The van der Waals surface area contributed by atoms with E-state index in [0.29, 0.717) is 11.3 Å². The third-order valence-corrected chi connectivity index (χ3v) is 4.36. The largest absolute Gasteiger partial charge is 0.496 e. The smallest absolute Gasteiger partial charge is 0.122 e. The summed E-state index contributed by atoms with van der Waals surface area (Å²) in [5.41, 5.74) is 1.61.